The number of nitrogens with zero attached hydrogens (tertiary/aromatic N) is 2. The van der Waals surface area contributed by atoms with Crippen LogP contribution < -0.4 is 5.32 Å². The third-order valence-electron chi connectivity index (χ3n) is 4.82. The quantitative estimate of drug-likeness (QED) is 0.695. The van der Waals surface area contributed by atoms with Gasteiger partial charge in [0.1, 0.15) is 5.82 Å². The number of aromatic nitrogens is 1. The number of rotatable bonds is 1. The molecule has 26 heavy (non-hydrogen) atoms. The van der Waals surface area contributed by atoms with Crippen LogP contribution in [0.4, 0.5) is 23.7 Å². The van der Waals surface area contributed by atoms with Gasteiger partial charge >= 0.3 is 6.03 Å². The number of urea groups is 1. The molecule has 134 valence electrons. The maximum absolute atomic E-state index is 13.7. The number of nitrogens with one attached hydrogen (secondary N) is 1. The molecule has 4 rings (SSSR count). The van der Waals surface area contributed by atoms with Crippen LogP contribution in [-0.2, 0) is 20.0 Å². The number of carbonyl (C=O) groups excluding carboxylic acids is 1. The maximum Gasteiger partial charge on any atom is 0.322 e. The highest BCUT2D eigenvalue weighted by Gasteiger charge is 2.26. The largest absolute Gasteiger partial charge is 0.347 e. The fourth-order valence-corrected chi connectivity index (χ4v) is 3.50. The second-order valence-corrected chi connectivity index (χ2v) is 6.38. The lowest BCUT2D eigenvalue weighted by Gasteiger charge is -2.28. The maximum atomic E-state index is 13.7. The number of fused-ring (bicyclic) bond motifs is 3. The van der Waals surface area contributed by atoms with Crippen molar-refractivity contribution < 1.29 is 18.0 Å². The van der Waals surface area contributed by atoms with Crippen LogP contribution in [0.5, 0.6) is 0 Å². The van der Waals surface area contributed by atoms with E-state index in [-0.39, 0.29) is 11.5 Å². The number of halogens is 3. The zero-order chi connectivity index (χ0) is 18.4. The first-order valence-electron chi connectivity index (χ1n) is 8.20. The Hall–Kier alpha value is -2.96. The second kappa shape index (κ2) is 6.09. The fourth-order valence-electron chi connectivity index (χ4n) is 3.50. The first-order valence-corrected chi connectivity index (χ1v) is 8.20. The van der Waals surface area contributed by atoms with Crippen molar-refractivity contribution in [2.45, 2.75) is 13.0 Å². The van der Waals surface area contributed by atoms with Crippen molar-refractivity contribution in [3.63, 3.8) is 0 Å². The average Bonchev–Trinajstić information content (AvgIpc) is 2.90. The number of benzene rings is 2. The van der Waals surface area contributed by atoms with Gasteiger partial charge in [-0.1, -0.05) is 0 Å². The van der Waals surface area contributed by atoms with Crippen molar-refractivity contribution in [1.82, 2.24) is 9.47 Å². The van der Waals surface area contributed by atoms with Gasteiger partial charge in [0.2, 0.25) is 0 Å². The van der Waals surface area contributed by atoms with E-state index in [1.165, 1.54) is 18.2 Å². The summed E-state index contributed by atoms with van der Waals surface area (Å²) in [4.78, 5) is 14.1. The van der Waals surface area contributed by atoms with Gasteiger partial charge in [-0.15, -0.1) is 0 Å². The topological polar surface area (TPSA) is 37.3 Å². The molecule has 2 aromatic carbocycles. The number of carbonyl (C=O) groups is 1. The summed E-state index contributed by atoms with van der Waals surface area (Å²) in [7, 11) is 1.93. The minimum atomic E-state index is -1.02. The predicted octanol–water partition coefficient (Wildman–Crippen LogP) is 4.19. The Morgan fingerprint density at radius 1 is 1.08 bits per heavy atom. The van der Waals surface area contributed by atoms with Crippen LogP contribution in [-0.4, -0.2) is 22.0 Å². The van der Waals surface area contributed by atoms with Gasteiger partial charge in [-0.2, -0.15) is 0 Å². The highest BCUT2D eigenvalue weighted by atomic mass is 19.2. The van der Waals surface area contributed by atoms with Gasteiger partial charge in [-0.05, 0) is 30.3 Å². The molecular formula is C19H16F3N3O. The minimum absolute atomic E-state index is 0.184. The normalized spacial score (nSPS) is 13.8. The monoisotopic (exact) mass is 359 g/mol. The summed E-state index contributed by atoms with van der Waals surface area (Å²) in [5.74, 6) is -2.31. The molecule has 7 heteroatoms. The molecule has 3 aromatic rings. The summed E-state index contributed by atoms with van der Waals surface area (Å²) in [6, 6.07) is 7.43. The minimum Gasteiger partial charge on any atom is -0.347 e. The number of aryl methyl sites for hydroxylation is 1. The molecule has 0 atom stereocenters. The van der Waals surface area contributed by atoms with E-state index in [1.54, 1.807) is 11.0 Å². The van der Waals surface area contributed by atoms with Crippen LogP contribution in [0.15, 0.2) is 36.4 Å². The fraction of sp³-hybridized carbons (Fsp3) is 0.211. The van der Waals surface area contributed by atoms with Crippen molar-refractivity contribution in [3.05, 3.63) is 65.1 Å². The molecule has 0 aliphatic carbocycles. The molecule has 2 amide bonds. The van der Waals surface area contributed by atoms with Gasteiger partial charge in [0, 0.05) is 60.5 Å². The average molecular weight is 359 g/mol. The van der Waals surface area contributed by atoms with Crippen molar-refractivity contribution in [1.29, 1.82) is 0 Å². The first kappa shape index (κ1) is 16.5. The van der Waals surface area contributed by atoms with Crippen molar-refractivity contribution in [2.75, 3.05) is 11.9 Å². The Bertz CT molecular complexity index is 1030. The zero-order valence-electron chi connectivity index (χ0n) is 14.0. The van der Waals surface area contributed by atoms with E-state index >= 15 is 0 Å². The van der Waals surface area contributed by atoms with Gasteiger partial charge in [-0.25, -0.2) is 18.0 Å². The van der Waals surface area contributed by atoms with Gasteiger partial charge in [0.25, 0.3) is 0 Å². The SMILES string of the molecule is Cn1c2c(c3cc(F)ccc31)CN(C(=O)Nc1ccc(F)c(F)c1)CC2. The Balaban J connectivity index is 1.60. The highest BCUT2D eigenvalue weighted by molar-refractivity contribution is 5.91. The van der Waals surface area contributed by atoms with Gasteiger partial charge in [0.15, 0.2) is 11.6 Å². The van der Waals surface area contributed by atoms with Crippen molar-refractivity contribution >= 4 is 22.6 Å². The van der Waals surface area contributed by atoms with Crippen LogP contribution in [0.25, 0.3) is 10.9 Å². The molecule has 1 aliphatic heterocycles. The zero-order valence-corrected chi connectivity index (χ0v) is 14.0. The summed E-state index contributed by atoms with van der Waals surface area (Å²) < 4.78 is 42.0. The molecule has 0 unspecified atom stereocenters. The molecule has 2 heterocycles. The Labute approximate surface area is 147 Å². The lowest BCUT2D eigenvalue weighted by Crippen LogP contribution is -2.39. The summed E-state index contributed by atoms with van der Waals surface area (Å²) in [6.45, 7) is 0.806. The molecule has 0 bridgehead atoms. The van der Waals surface area contributed by atoms with E-state index in [2.05, 4.69) is 5.32 Å². The number of hydrogen-bond donors (Lipinski definition) is 1. The third kappa shape index (κ3) is 2.69. The van der Waals surface area contributed by atoms with Crippen LogP contribution in [0, 0.1) is 17.5 Å². The van der Waals surface area contributed by atoms with E-state index in [4.69, 9.17) is 0 Å². The van der Waals surface area contributed by atoms with Crippen LogP contribution in [0.3, 0.4) is 0 Å². The predicted molar refractivity (Wildman–Crippen MR) is 92.4 cm³/mol. The van der Waals surface area contributed by atoms with Crippen molar-refractivity contribution in [2.24, 2.45) is 7.05 Å². The summed E-state index contributed by atoms with van der Waals surface area (Å²) in [5, 5.41) is 3.36. The lowest BCUT2D eigenvalue weighted by molar-refractivity contribution is 0.206. The Morgan fingerprint density at radius 2 is 1.88 bits per heavy atom. The molecule has 0 saturated carbocycles. The molecule has 0 spiro atoms. The van der Waals surface area contributed by atoms with E-state index in [1.807, 2.05) is 11.6 Å². The van der Waals surface area contributed by atoms with Crippen LogP contribution in [0.2, 0.25) is 0 Å². The summed E-state index contributed by atoms with van der Waals surface area (Å²) >= 11 is 0. The second-order valence-electron chi connectivity index (χ2n) is 6.38. The molecule has 4 nitrogen and oxygen atoms in total. The standard InChI is InChI=1S/C19H16F3N3O/c1-24-17-5-2-11(20)8-13(17)14-10-25(7-6-18(14)24)19(26)23-12-3-4-15(21)16(22)9-12/h2-5,8-9H,6-7,10H2,1H3,(H,23,26). The first-order chi connectivity index (χ1) is 12.4. The third-order valence-corrected chi connectivity index (χ3v) is 4.82. The molecule has 1 aliphatic rings. The van der Waals surface area contributed by atoms with Crippen LogP contribution >= 0.6 is 0 Å². The van der Waals surface area contributed by atoms with Crippen LogP contribution in [0.1, 0.15) is 11.3 Å². The number of amides is 2. The van der Waals surface area contributed by atoms with E-state index in [0.29, 0.717) is 19.5 Å². The Kier molecular flexibility index (Phi) is 3.86. The number of hydrogen-bond acceptors (Lipinski definition) is 1. The molecule has 0 radical (unpaired) electrons. The lowest BCUT2D eigenvalue weighted by atomic mass is 10.0. The molecule has 0 fully saturated rings. The van der Waals surface area contributed by atoms with E-state index in [9.17, 15) is 18.0 Å². The van der Waals surface area contributed by atoms with E-state index in [0.717, 1.165) is 34.3 Å². The van der Waals surface area contributed by atoms with E-state index < -0.39 is 17.7 Å². The molecule has 1 aromatic heterocycles. The molecular weight excluding hydrogens is 343 g/mol. The molecule has 0 saturated heterocycles. The smallest absolute Gasteiger partial charge is 0.322 e. The van der Waals surface area contributed by atoms with Gasteiger partial charge < -0.3 is 14.8 Å². The van der Waals surface area contributed by atoms with Gasteiger partial charge in [0.05, 0.1) is 0 Å². The van der Waals surface area contributed by atoms with Gasteiger partial charge in [-0.3, -0.25) is 0 Å². The van der Waals surface area contributed by atoms with Crippen molar-refractivity contribution in [3.8, 4) is 0 Å². The summed E-state index contributed by atoms with van der Waals surface area (Å²) in [6.07, 6.45) is 0.632. The molecule has 1 N–H and O–H groups in total. The summed E-state index contributed by atoms with van der Waals surface area (Å²) in [5.41, 5.74) is 3.08. The highest BCUT2D eigenvalue weighted by Crippen LogP contribution is 2.31. The Morgan fingerprint density at radius 3 is 2.65 bits per heavy atom. The number of anilines is 1.